The molecule has 0 spiro atoms. The molecule has 1 aromatic carbocycles. The van der Waals surface area contributed by atoms with Crippen LogP contribution in [0.5, 0.6) is 0 Å². The lowest BCUT2D eigenvalue weighted by atomic mass is 10.0. The topological polar surface area (TPSA) is 140 Å². The van der Waals surface area contributed by atoms with Crippen LogP contribution in [0.2, 0.25) is 0 Å². The highest BCUT2D eigenvalue weighted by atomic mass is 32.2. The second kappa shape index (κ2) is 10.2. The summed E-state index contributed by atoms with van der Waals surface area (Å²) in [6.45, 7) is 1.64. The lowest BCUT2D eigenvalue weighted by Crippen LogP contribution is -2.18. The van der Waals surface area contributed by atoms with Crippen LogP contribution in [0, 0.1) is 11.6 Å². The summed E-state index contributed by atoms with van der Waals surface area (Å²) in [5, 5.41) is 0.262. The van der Waals surface area contributed by atoms with Gasteiger partial charge in [0.25, 0.3) is 5.56 Å². The number of hydrogen-bond donors (Lipinski definition) is 2. The van der Waals surface area contributed by atoms with Gasteiger partial charge >= 0.3 is 0 Å². The SMILES string of the molecule is CCCS(=O)(=O)Nc1ccc(F)c(C(=O)c2c[nH]c3ncc(-c4cnc(-n5ccccc5=O)cn4)cc23)c1F. The Morgan fingerprint density at radius 3 is 2.62 bits per heavy atom. The molecule has 4 aromatic heterocycles. The number of benzene rings is 1. The highest BCUT2D eigenvalue weighted by Gasteiger charge is 2.26. The number of anilines is 1. The molecule has 5 aromatic rings. The largest absolute Gasteiger partial charge is 0.345 e. The summed E-state index contributed by atoms with van der Waals surface area (Å²) in [6, 6.07) is 7.99. The van der Waals surface area contributed by atoms with Crippen LogP contribution in [0.4, 0.5) is 14.5 Å². The van der Waals surface area contributed by atoms with E-state index >= 15 is 4.39 Å². The minimum absolute atomic E-state index is 0.0777. The molecule has 0 aliphatic rings. The van der Waals surface area contributed by atoms with Crippen LogP contribution in [0.1, 0.15) is 29.3 Å². The van der Waals surface area contributed by atoms with Crippen molar-refractivity contribution in [1.29, 1.82) is 0 Å². The molecule has 10 nitrogen and oxygen atoms in total. The van der Waals surface area contributed by atoms with E-state index in [4.69, 9.17) is 0 Å². The van der Waals surface area contributed by atoms with Crippen molar-refractivity contribution in [2.45, 2.75) is 13.3 Å². The third kappa shape index (κ3) is 5.03. The molecule has 2 N–H and O–H groups in total. The number of aromatic amines is 1. The first-order valence-electron chi connectivity index (χ1n) is 11.7. The van der Waals surface area contributed by atoms with Gasteiger partial charge in [0.2, 0.25) is 15.8 Å². The second-order valence-corrected chi connectivity index (χ2v) is 10.4. The Morgan fingerprint density at radius 1 is 1.08 bits per heavy atom. The van der Waals surface area contributed by atoms with E-state index in [0.717, 1.165) is 12.1 Å². The van der Waals surface area contributed by atoms with Crippen molar-refractivity contribution in [2.75, 3.05) is 10.5 Å². The summed E-state index contributed by atoms with van der Waals surface area (Å²) in [6.07, 6.45) is 7.42. The number of halogens is 2. The van der Waals surface area contributed by atoms with Crippen molar-refractivity contribution in [3.05, 3.63) is 100 Å². The van der Waals surface area contributed by atoms with E-state index in [2.05, 4.69) is 24.7 Å². The summed E-state index contributed by atoms with van der Waals surface area (Å²) in [7, 11) is -3.88. The zero-order chi connectivity index (χ0) is 27.7. The molecular formula is C26H20F2N6O4S. The van der Waals surface area contributed by atoms with Gasteiger partial charge in [-0.25, -0.2) is 27.2 Å². The molecule has 0 saturated carbocycles. The van der Waals surface area contributed by atoms with E-state index in [1.165, 1.54) is 35.4 Å². The molecular weight excluding hydrogens is 530 g/mol. The fraction of sp³-hybridized carbons (Fsp3) is 0.115. The third-order valence-electron chi connectivity index (χ3n) is 5.84. The van der Waals surface area contributed by atoms with Gasteiger partial charge in [-0.1, -0.05) is 13.0 Å². The summed E-state index contributed by atoms with van der Waals surface area (Å²) in [5.41, 5.74) is -0.677. The van der Waals surface area contributed by atoms with E-state index in [1.807, 2.05) is 0 Å². The first kappa shape index (κ1) is 25.9. The zero-order valence-corrected chi connectivity index (χ0v) is 21.2. The third-order valence-corrected chi connectivity index (χ3v) is 7.31. The first-order chi connectivity index (χ1) is 18.7. The molecule has 5 rings (SSSR count). The summed E-state index contributed by atoms with van der Waals surface area (Å²) < 4.78 is 57.6. The van der Waals surface area contributed by atoms with Gasteiger partial charge in [0.15, 0.2) is 11.6 Å². The number of sulfonamides is 1. The summed E-state index contributed by atoms with van der Waals surface area (Å²) >= 11 is 0. The van der Waals surface area contributed by atoms with Crippen molar-refractivity contribution in [3.8, 4) is 17.1 Å². The number of aromatic nitrogens is 5. The summed E-state index contributed by atoms with van der Waals surface area (Å²) in [5.74, 6) is -3.44. The minimum Gasteiger partial charge on any atom is -0.345 e. The molecule has 0 unspecified atom stereocenters. The van der Waals surface area contributed by atoms with Crippen molar-refractivity contribution in [2.24, 2.45) is 0 Å². The van der Waals surface area contributed by atoms with Gasteiger partial charge in [0.05, 0.1) is 35.1 Å². The Morgan fingerprint density at radius 2 is 1.90 bits per heavy atom. The monoisotopic (exact) mass is 550 g/mol. The van der Waals surface area contributed by atoms with Gasteiger partial charge < -0.3 is 4.98 Å². The number of ketones is 1. The fourth-order valence-corrected chi connectivity index (χ4v) is 5.14. The Hall–Kier alpha value is -4.78. The van der Waals surface area contributed by atoms with Gasteiger partial charge in [-0.05, 0) is 30.7 Å². The molecule has 0 amide bonds. The van der Waals surface area contributed by atoms with Crippen LogP contribution in [-0.4, -0.2) is 44.5 Å². The fourth-order valence-electron chi connectivity index (χ4n) is 4.00. The molecule has 0 aliphatic heterocycles. The standard InChI is InChI=1S/C26H20F2N6O4S/c1-2-9-39(37,38)33-19-7-6-18(27)23(24(19)28)25(36)17-12-32-26-16(17)10-15(11-31-26)20-13-30-21(14-29-20)34-8-4-3-5-22(34)35/h3-8,10-14,33H,2,9H2,1H3,(H,31,32). The molecule has 0 fully saturated rings. The average Bonchev–Trinajstić information content (AvgIpc) is 3.34. The smallest absolute Gasteiger partial charge is 0.256 e. The molecule has 0 bridgehead atoms. The number of carbonyl (C=O) groups is 1. The number of H-pyrrole nitrogens is 1. The Bertz CT molecular complexity index is 1890. The van der Waals surface area contributed by atoms with Crippen molar-refractivity contribution in [1.82, 2.24) is 24.5 Å². The predicted octanol–water partition coefficient (Wildman–Crippen LogP) is 3.83. The molecule has 4 heterocycles. The van der Waals surface area contributed by atoms with E-state index in [9.17, 15) is 22.4 Å². The van der Waals surface area contributed by atoms with Crippen LogP contribution < -0.4 is 10.3 Å². The van der Waals surface area contributed by atoms with Crippen LogP contribution in [-0.2, 0) is 10.0 Å². The van der Waals surface area contributed by atoms with Gasteiger partial charge in [-0.2, -0.15) is 0 Å². The predicted molar refractivity (Wildman–Crippen MR) is 140 cm³/mol. The molecule has 13 heteroatoms. The second-order valence-electron chi connectivity index (χ2n) is 8.53. The number of nitrogens with zero attached hydrogens (tertiary/aromatic N) is 4. The van der Waals surface area contributed by atoms with Gasteiger partial charge in [0, 0.05) is 41.2 Å². The van der Waals surface area contributed by atoms with Crippen LogP contribution in [0.3, 0.4) is 0 Å². The van der Waals surface area contributed by atoms with Crippen LogP contribution in [0.15, 0.2) is 72.2 Å². The Balaban J connectivity index is 1.51. The lowest BCUT2D eigenvalue weighted by Gasteiger charge is -2.11. The number of fused-ring (bicyclic) bond motifs is 1. The van der Waals surface area contributed by atoms with Crippen LogP contribution >= 0.6 is 0 Å². The number of pyridine rings is 2. The molecule has 0 radical (unpaired) electrons. The maximum absolute atomic E-state index is 15.2. The maximum atomic E-state index is 15.2. The van der Waals surface area contributed by atoms with Crippen molar-refractivity contribution < 1.29 is 22.0 Å². The van der Waals surface area contributed by atoms with Gasteiger partial charge in [-0.3, -0.25) is 23.9 Å². The normalized spacial score (nSPS) is 11.6. The number of nitrogens with one attached hydrogen (secondary N) is 2. The van der Waals surface area contributed by atoms with Crippen molar-refractivity contribution in [3.63, 3.8) is 0 Å². The van der Waals surface area contributed by atoms with E-state index in [0.29, 0.717) is 17.1 Å². The average molecular weight is 551 g/mol. The number of carbonyl (C=O) groups excluding carboxylic acids is 1. The van der Waals surface area contributed by atoms with E-state index < -0.39 is 38.7 Å². The Labute approximate surface area is 220 Å². The molecule has 198 valence electrons. The molecule has 39 heavy (non-hydrogen) atoms. The van der Waals surface area contributed by atoms with E-state index in [1.54, 1.807) is 31.3 Å². The summed E-state index contributed by atoms with van der Waals surface area (Å²) in [4.78, 5) is 41.0. The molecule has 0 aliphatic carbocycles. The first-order valence-corrected chi connectivity index (χ1v) is 13.3. The van der Waals surface area contributed by atoms with Crippen LogP contribution in [0.25, 0.3) is 28.1 Å². The minimum atomic E-state index is -3.88. The Kier molecular flexibility index (Phi) is 6.74. The zero-order valence-electron chi connectivity index (χ0n) is 20.4. The van der Waals surface area contributed by atoms with E-state index in [-0.39, 0.29) is 34.3 Å². The number of hydrogen-bond acceptors (Lipinski definition) is 7. The molecule has 0 saturated heterocycles. The van der Waals surface area contributed by atoms with Gasteiger partial charge in [0.1, 0.15) is 11.5 Å². The van der Waals surface area contributed by atoms with Gasteiger partial charge in [-0.15, -0.1) is 0 Å². The maximum Gasteiger partial charge on any atom is 0.256 e. The van der Waals surface area contributed by atoms with Crippen molar-refractivity contribution >= 4 is 32.5 Å². The highest BCUT2D eigenvalue weighted by molar-refractivity contribution is 7.92. The lowest BCUT2D eigenvalue weighted by molar-refractivity contribution is 0.103. The number of rotatable bonds is 8. The quantitative estimate of drug-likeness (QED) is 0.280. The molecule has 0 atom stereocenters. The highest BCUT2D eigenvalue weighted by Crippen LogP contribution is 2.29.